The number of aldehydes is 1. The van der Waals surface area contributed by atoms with Gasteiger partial charge in [-0.2, -0.15) is 0 Å². The van der Waals surface area contributed by atoms with Crippen LogP contribution >= 0.6 is 0 Å². The van der Waals surface area contributed by atoms with Gasteiger partial charge in [0.1, 0.15) is 6.10 Å². The van der Waals surface area contributed by atoms with Crippen LogP contribution in [0.1, 0.15) is 28.4 Å². The highest BCUT2D eigenvalue weighted by molar-refractivity contribution is 5.88. The molecule has 7 heteroatoms. The number of aliphatic hydroxyl groups is 1. The third-order valence-corrected chi connectivity index (χ3v) is 5.05. The summed E-state index contributed by atoms with van der Waals surface area (Å²) in [4.78, 5) is 28.9. The van der Waals surface area contributed by atoms with Gasteiger partial charge in [0.25, 0.3) is 5.56 Å². The van der Waals surface area contributed by atoms with Crippen LogP contribution in [-0.2, 0) is 29.2 Å². The number of aromatic nitrogens is 2. The number of nitrogens with two attached hydrogens (primary N) is 1. The summed E-state index contributed by atoms with van der Waals surface area (Å²) in [6, 6.07) is 9.35. The van der Waals surface area contributed by atoms with Crippen molar-refractivity contribution >= 4 is 17.2 Å². The van der Waals surface area contributed by atoms with Crippen LogP contribution in [0.5, 0.6) is 0 Å². The minimum absolute atomic E-state index is 0.00877. The Morgan fingerprint density at radius 3 is 2.85 bits per heavy atom. The molecule has 1 atom stereocenters. The molecule has 0 saturated carbocycles. The zero-order valence-electron chi connectivity index (χ0n) is 14.8. The number of carbonyl (C=O) groups is 1. The number of methoxy groups -OCH3 is 1. The summed E-state index contributed by atoms with van der Waals surface area (Å²) in [5.41, 5.74) is 10.1. The van der Waals surface area contributed by atoms with Crippen LogP contribution in [0.3, 0.4) is 0 Å². The smallest absolute Gasteiger partial charge is 0.257 e. The average molecular weight is 365 g/mol. The molecule has 0 radical (unpaired) electrons. The lowest BCUT2D eigenvalue weighted by Crippen LogP contribution is -2.26. The van der Waals surface area contributed by atoms with Crippen molar-refractivity contribution in [1.29, 1.82) is 0 Å². The molecule has 0 aliphatic carbocycles. The number of rotatable bonds is 5. The molecule has 3 N–H and O–H groups in total. The van der Waals surface area contributed by atoms with E-state index in [1.165, 1.54) is 7.11 Å². The molecular formula is C20H19N3O4. The van der Waals surface area contributed by atoms with Crippen molar-refractivity contribution in [3.05, 3.63) is 62.9 Å². The van der Waals surface area contributed by atoms with E-state index in [0.29, 0.717) is 30.8 Å². The lowest BCUT2D eigenvalue weighted by molar-refractivity contribution is -0.115. The molecule has 1 aliphatic rings. The molecule has 0 fully saturated rings. The van der Waals surface area contributed by atoms with E-state index in [0.717, 1.165) is 22.0 Å². The maximum Gasteiger partial charge on any atom is 0.257 e. The molecule has 3 aromatic rings. The Kier molecular flexibility index (Phi) is 4.35. The van der Waals surface area contributed by atoms with Gasteiger partial charge in [0.15, 0.2) is 6.29 Å². The number of nitrogens with zero attached hydrogens (tertiary/aromatic N) is 2. The minimum Gasteiger partial charge on any atom is -0.381 e. The SMILES string of the molecule is COCc1c(C(O)C=O)cc2n(c1=O)Cc1c-2nc2ccccc2c1CN. The van der Waals surface area contributed by atoms with Crippen LogP contribution in [0.2, 0.25) is 0 Å². The monoisotopic (exact) mass is 365 g/mol. The quantitative estimate of drug-likeness (QED) is 0.516. The van der Waals surface area contributed by atoms with E-state index in [1.54, 1.807) is 10.6 Å². The fourth-order valence-corrected chi connectivity index (χ4v) is 3.78. The van der Waals surface area contributed by atoms with Crippen LogP contribution in [0.25, 0.3) is 22.3 Å². The summed E-state index contributed by atoms with van der Waals surface area (Å²) in [5, 5.41) is 11.1. The van der Waals surface area contributed by atoms with Crippen molar-refractivity contribution in [3.8, 4) is 11.4 Å². The van der Waals surface area contributed by atoms with E-state index in [1.807, 2.05) is 24.3 Å². The molecule has 2 aromatic heterocycles. The van der Waals surface area contributed by atoms with E-state index in [-0.39, 0.29) is 23.3 Å². The van der Waals surface area contributed by atoms with Crippen molar-refractivity contribution in [2.45, 2.75) is 25.8 Å². The van der Waals surface area contributed by atoms with Crippen molar-refractivity contribution in [3.63, 3.8) is 0 Å². The van der Waals surface area contributed by atoms with Crippen LogP contribution < -0.4 is 11.3 Å². The largest absolute Gasteiger partial charge is 0.381 e. The summed E-state index contributed by atoms with van der Waals surface area (Å²) >= 11 is 0. The zero-order chi connectivity index (χ0) is 19.1. The summed E-state index contributed by atoms with van der Waals surface area (Å²) in [6.07, 6.45) is -0.993. The second-order valence-electron chi connectivity index (χ2n) is 6.51. The van der Waals surface area contributed by atoms with Gasteiger partial charge < -0.3 is 24.9 Å². The normalized spacial score (nSPS) is 13.4. The fraction of sp³-hybridized carbons (Fsp3) is 0.250. The third kappa shape index (κ3) is 2.59. The van der Waals surface area contributed by atoms with Gasteiger partial charge in [-0.3, -0.25) is 4.79 Å². The van der Waals surface area contributed by atoms with Gasteiger partial charge in [-0.1, -0.05) is 18.2 Å². The molecule has 0 spiro atoms. The van der Waals surface area contributed by atoms with Gasteiger partial charge in [0.2, 0.25) is 0 Å². The van der Waals surface area contributed by atoms with Gasteiger partial charge in [-0.05, 0) is 17.7 Å². The van der Waals surface area contributed by atoms with Gasteiger partial charge in [-0.15, -0.1) is 0 Å². The molecule has 0 amide bonds. The number of ether oxygens (including phenoxy) is 1. The number of fused-ring (bicyclic) bond motifs is 4. The lowest BCUT2D eigenvalue weighted by Gasteiger charge is -2.14. The number of hydrogen-bond donors (Lipinski definition) is 2. The van der Waals surface area contributed by atoms with Gasteiger partial charge in [-0.25, -0.2) is 4.98 Å². The summed E-state index contributed by atoms with van der Waals surface area (Å²) in [6.45, 7) is 0.680. The van der Waals surface area contributed by atoms with E-state index < -0.39 is 6.10 Å². The average Bonchev–Trinajstić information content (AvgIpc) is 3.06. The second kappa shape index (κ2) is 6.70. The number of benzene rings is 1. The van der Waals surface area contributed by atoms with E-state index in [9.17, 15) is 14.7 Å². The van der Waals surface area contributed by atoms with Crippen molar-refractivity contribution in [2.75, 3.05) is 7.11 Å². The molecule has 0 bridgehead atoms. The van der Waals surface area contributed by atoms with Crippen LogP contribution in [0.4, 0.5) is 0 Å². The first-order valence-corrected chi connectivity index (χ1v) is 8.60. The molecule has 27 heavy (non-hydrogen) atoms. The Balaban J connectivity index is 2.04. The standard InChI is InChI=1S/C20H19N3O4/c1-27-10-15-12(18(25)9-24)6-17-19-14(8-23(17)20(15)26)13(7-21)11-4-2-3-5-16(11)22-19/h2-6,9,18,25H,7-8,10,21H2,1H3. The van der Waals surface area contributed by atoms with Crippen LogP contribution in [0, 0.1) is 0 Å². The summed E-state index contributed by atoms with van der Waals surface area (Å²) < 4.78 is 6.72. The molecule has 3 heterocycles. The maximum atomic E-state index is 13.1. The third-order valence-electron chi connectivity index (χ3n) is 5.05. The number of carbonyl (C=O) groups excluding carboxylic acids is 1. The summed E-state index contributed by atoms with van der Waals surface area (Å²) in [5.74, 6) is 0. The first-order chi connectivity index (χ1) is 13.1. The minimum atomic E-state index is -1.40. The Labute approximate surface area is 155 Å². The number of aliphatic hydroxyl groups excluding tert-OH is 1. The van der Waals surface area contributed by atoms with Crippen molar-refractivity contribution in [1.82, 2.24) is 9.55 Å². The van der Waals surface area contributed by atoms with E-state index in [2.05, 4.69) is 0 Å². The molecule has 0 saturated heterocycles. The number of hydrogen-bond acceptors (Lipinski definition) is 6. The predicted octanol–water partition coefficient (Wildman–Crippen LogP) is 1.26. The molecule has 138 valence electrons. The molecular weight excluding hydrogens is 346 g/mol. The highest BCUT2D eigenvalue weighted by Gasteiger charge is 2.29. The van der Waals surface area contributed by atoms with Crippen LogP contribution in [-0.4, -0.2) is 28.1 Å². The number of para-hydroxylation sites is 1. The van der Waals surface area contributed by atoms with Gasteiger partial charge in [0.05, 0.1) is 30.1 Å². The fourth-order valence-electron chi connectivity index (χ4n) is 3.78. The Morgan fingerprint density at radius 1 is 1.37 bits per heavy atom. The molecule has 4 rings (SSSR count). The van der Waals surface area contributed by atoms with Crippen molar-refractivity contribution < 1.29 is 14.6 Å². The Morgan fingerprint density at radius 2 is 2.15 bits per heavy atom. The first-order valence-electron chi connectivity index (χ1n) is 8.60. The second-order valence-corrected chi connectivity index (χ2v) is 6.51. The van der Waals surface area contributed by atoms with Crippen molar-refractivity contribution in [2.24, 2.45) is 5.73 Å². The highest BCUT2D eigenvalue weighted by atomic mass is 16.5. The van der Waals surface area contributed by atoms with Crippen LogP contribution in [0.15, 0.2) is 35.1 Å². The highest BCUT2D eigenvalue weighted by Crippen LogP contribution is 2.36. The lowest BCUT2D eigenvalue weighted by atomic mass is 9.99. The van der Waals surface area contributed by atoms with Gasteiger partial charge in [0, 0.05) is 35.7 Å². The Bertz CT molecular complexity index is 1120. The Hall–Kier alpha value is -2.87. The zero-order valence-corrected chi connectivity index (χ0v) is 14.8. The maximum absolute atomic E-state index is 13.1. The molecule has 1 unspecified atom stereocenters. The summed E-state index contributed by atoms with van der Waals surface area (Å²) in [7, 11) is 1.46. The first kappa shape index (κ1) is 17.5. The molecule has 1 aliphatic heterocycles. The number of pyridine rings is 2. The molecule has 7 nitrogen and oxygen atoms in total. The van der Waals surface area contributed by atoms with E-state index >= 15 is 0 Å². The van der Waals surface area contributed by atoms with E-state index in [4.69, 9.17) is 15.5 Å². The molecule has 1 aromatic carbocycles. The predicted molar refractivity (Wildman–Crippen MR) is 100 cm³/mol. The topological polar surface area (TPSA) is 107 Å². The van der Waals surface area contributed by atoms with Gasteiger partial charge >= 0.3 is 0 Å².